The predicted octanol–water partition coefficient (Wildman–Crippen LogP) is 5.05. The molecule has 1 fully saturated rings. The van der Waals surface area contributed by atoms with Crippen LogP contribution in [0.15, 0.2) is 35.3 Å². The molecule has 0 spiro atoms. The van der Waals surface area contributed by atoms with Gasteiger partial charge in [0.25, 0.3) is 5.56 Å². The lowest BCUT2D eigenvalue weighted by Crippen LogP contribution is -2.45. The molecule has 1 aliphatic heterocycles. The molecule has 0 atom stereocenters. The summed E-state index contributed by atoms with van der Waals surface area (Å²) in [5, 5.41) is 20.7. The molecule has 1 aromatic carbocycles. The number of benzene rings is 1. The summed E-state index contributed by atoms with van der Waals surface area (Å²) in [5.41, 5.74) is 3.01. The van der Waals surface area contributed by atoms with Crippen LogP contribution in [-0.2, 0) is 6.54 Å². The lowest BCUT2D eigenvalue weighted by molar-refractivity contribution is 0.0698. The molecule has 1 N–H and O–H groups in total. The van der Waals surface area contributed by atoms with Crippen LogP contribution < -0.4 is 15.2 Å². The standard InChI is InChI=1S/C32H30ClN7O4S/c1-17-13-22(29-28(36-17)26(32(42)43)18(2)45-29)21-14-20(33)5-6-25(21)44-12-11-40-19(3)37-24-16-35-30(23(15-34)27(24)31(40)41)39-9-7-38(4)8-10-39/h5-6,13-14,16H,7-12H2,1-4H3,(H,42,43). The summed E-state index contributed by atoms with van der Waals surface area (Å²) in [5.74, 6) is 0.476. The van der Waals surface area contributed by atoms with Gasteiger partial charge in [-0.25, -0.2) is 14.8 Å². The van der Waals surface area contributed by atoms with Gasteiger partial charge in [-0.15, -0.1) is 11.3 Å². The number of carboxylic acids is 1. The summed E-state index contributed by atoms with van der Waals surface area (Å²) in [6.07, 6.45) is 1.57. The number of anilines is 1. The van der Waals surface area contributed by atoms with Crippen LogP contribution in [0.1, 0.15) is 32.3 Å². The zero-order valence-corrected chi connectivity index (χ0v) is 26.8. The molecule has 230 valence electrons. The predicted molar refractivity (Wildman–Crippen MR) is 175 cm³/mol. The van der Waals surface area contributed by atoms with Gasteiger partial charge in [0.05, 0.1) is 39.4 Å². The largest absolute Gasteiger partial charge is 0.491 e. The summed E-state index contributed by atoms with van der Waals surface area (Å²) < 4.78 is 8.50. The van der Waals surface area contributed by atoms with Crippen LogP contribution in [-0.4, -0.2) is 75.3 Å². The Morgan fingerprint density at radius 3 is 2.60 bits per heavy atom. The Balaban J connectivity index is 1.34. The first kappa shape index (κ1) is 30.5. The van der Waals surface area contributed by atoms with Crippen molar-refractivity contribution >= 4 is 55.8 Å². The van der Waals surface area contributed by atoms with E-state index in [1.165, 1.54) is 15.9 Å². The van der Waals surface area contributed by atoms with E-state index in [1.807, 2.05) is 24.9 Å². The van der Waals surface area contributed by atoms with Crippen LogP contribution >= 0.6 is 22.9 Å². The van der Waals surface area contributed by atoms with Crippen LogP contribution in [0.5, 0.6) is 5.75 Å². The number of piperazine rings is 1. The number of thiophene rings is 1. The Hall–Kier alpha value is -4.57. The number of nitriles is 1. The van der Waals surface area contributed by atoms with Gasteiger partial charge in [-0.2, -0.15) is 5.26 Å². The SMILES string of the molecule is Cc1cc(-c2cc(Cl)ccc2OCCn2c(C)nc3cnc(N4CCN(C)CC4)c(C#N)c3c2=O)c2sc(C)c(C(=O)O)c2n1. The van der Waals surface area contributed by atoms with E-state index < -0.39 is 5.97 Å². The van der Waals surface area contributed by atoms with E-state index in [0.29, 0.717) is 62.7 Å². The van der Waals surface area contributed by atoms with Gasteiger partial charge in [-0.1, -0.05) is 11.6 Å². The van der Waals surface area contributed by atoms with Crippen LogP contribution in [0.25, 0.3) is 32.2 Å². The van der Waals surface area contributed by atoms with Crippen molar-refractivity contribution < 1.29 is 14.6 Å². The van der Waals surface area contributed by atoms with Gasteiger partial charge in [0.2, 0.25) is 0 Å². The zero-order chi connectivity index (χ0) is 32.0. The van der Waals surface area contributed by atoms with E-state index in [0.717, 1.165) is 23.4 Å². The zero-order valence-electron chi connectivity index (χ0n) is 25.2. The first-order valence-corrected chi connectivity index (χ1v) is 15.6. The molecule has 0 radical (unpaired) electrons. The van der Waals surface area contributed by atoms with Crippen molar-refractivity contribution in [3.8, 4) is 22.9 Å². The second-order valence-electron chi connectivity index (χ2n) is 11.1. The number of pyridine rings is 2. The van der Waals surface area contributed by atoms with E-state index in [4.69, 9.17) is 16.3 Å². The summed E-state index contributed by atoms with van der Waals surface area (Å²) in [6, 6.07) is 9.37. The average Bonchev–Trinajstić information content (AvgIpc) is 3.34. The number of halogens is 1. The van der Waals surface area contributed by atoms with E-state index in [2.05, 4.69) is 25.9 Å². The normalized spacial score (nSPS) is 13.8. The summed E-state index contributed by atoms with van der Waals surface area (Å²) in [6.45, 7) is 8.71. The van der Waals surface area contributed by atoms with Crippen LogP contribution in [0, 0.1) is 32.1 Å². The van der Waals surface area contributed by atoms with Crippen LogP contribution in [0.4, 0.5) is 5.82 Å². The molecule has 5 aromatic rings. The molecule has 0 bridgehead atoms. The lowest BCUT2D eigenvalue weighted by atomic mass is 10.0. The number of carboxylic acid groups (broad SMARTS) is 1. The van der Waals surface area contributed by atoms with E-state index in [9.17, 15) is 20.0 Å². The molecule has 0 amide bonds. The first-order chi connectivity index (χ1) is 21.6. The molecule has 0 aliphatic carbocycles. The minimum absolute atomic E-state index is 0.123. The molecule has 4 aromatic heterocycles. The van der Waals surface area contributed by atoms with Crippen molar-refractivity contribution in [1.29, 1.82) is 5.26 Å². The summed E-state index contributed by atoms with van der Waals surface area (Å²) >= 11 is 7.78. The highest BCUT2D eigenvalue weighted by molar-refractivity contribution is 7.20. The number of hydrogen-bond acceptors (Lipinski definition) is 10. The number of likely N-dealkylation sites (N-methyl/N-ethyl adjacent to an activating group) is 1. The molecule has 13 heteroatoms. The molecule has 11 nitrogen and oxygen atoms in total. The third-order valence-electron chi connectivity index (χ3n) is 8.05. The number of aryl methyl sites for hydroxylation is 3. The number of aromatic nitrogens is 4. The maximum Gasteiger partial charge on any atom is 0.339 e. The Labute approximate surface area is 267 Å². The monoisotopic (exact) mass is 643 g/mol. The van der Waals surface area contributed by atoms with Crippen molar-refractivity contribution in [2.45, 2.75) is 27.3 Å². The second-order valence-corrected chi connectivity index (χ2v) is 12.7. The fraction of sp³-hybridized carbons (Fsp3) is 0.312. The van der Waals surface area contributed by atoms with Gasteiger partial charge in [-0.3, -0.25) is 14.3 Å². The Morgan fingerprint density at radius 2 is 1.89 bits per heavy atom. The molecule has 0 unspecified atom stereocenters. The molecule has 0 saturated carbocycles. The number of carbonyl (C=O) groups is 1. The summed E-state index contributed by atoms with van der Waals surface area (Å²) in [4.78, 5) is 44.4. The number of fused-ring (bicyclic) bond motifs is 2. The molecular weight excluding hydrogens is 614 g/mol. The van der Waals surface area contributed by atoms with E-state index >= 15 is 0 Å². The maximum atomic E-state index is 13.9. The maximum absolute atomic E-state index is 13.9. The minimum atomic E-state index is -1.03. The topological polar surface area (TPSA) is 137 Å². The Bertz CT molecular complexity index is 2090. The molecule has 6 rings (SSSR count). The van der Waals surface area contributed by atoms with E-state index in [-0.39, 0.29) is 35.2 Å². The Kier molecular flexibility index (Phi) is 8.18. The fourth-order valence-electron chi connectivity index (χ4n) is 5.78. The molecule has 1 aliphatic rings. The molecule has 45 heavy (non-hydrogen) atoms. The molecular formula is C32H30ClN7O4S. The van der Waals surface area contributed by atoms with Crippen molar-refractivity contribution in [1.82, 2.24) is 24.4 Å². The smallest absolute Gasteiger partial charge is 0.339 e. The van der Waals surface area contributed by atoms with Crippen molar-refractivity contribution in [2.75, 3.05) is 44.7 Å². The number of rotatable bonds is 7. The first-order valence-electron chi connectivity index (χ1n) is 14.4. The van der Waals surface area contributed by atoms with Gasteiger partial charge in [0, 0.05) is 52.9 Å². The minimum Gasteiger partial charge on any atom is -0.491 e. The highest BCUT2D eigenvalue weighted by Gasteiger charge is 2.24. The van der Waals surface area contributed by atoms with E-state index in [1.54, 1.807) is 38.2 Å². The third-order valence-corrected chi connectivity index (χ3v) is 9.41. The van der Waals surface area contributed by atoms with Gasteiger partial charge < -0.3 is 19.6 Å². The Morgan fingerprint density at radius 1 is 1.13 bits per heavy atom. The van der Waals surface area contributed by atoms with Crippen molar-refractivity contribution in [3.05, 3.63) is 73.4 Å². The van der Waals surface area contributed by atoms with Gasteiger partial charge >= 0.3 is 5.97 Å². The lowest BCUT2D eigenvalue weighted by Gasteiger charge is -2.33. The van der Waals surface area contributed by atoms with Crippen LogP contribution in [0.2, 0.25) is 5.02 Å². The van der Waals surface area contributed by atoms with Crippen LogP contribution in [0.3, 0.4) is 0 Å². The summed E-state index contributed by atoms with van der Waals surface area (Å²) in [7, 11) is 2.05. The number of ether oxygens (including phenoxy) is 1. The second kappa shape index (κ2) is 12.1. The highest BCUT2D eigenvalue weighted by Crippen LogP contribution is 2.42. The highest BCUT2D eigenvalue weighted by atomic mass is 35.5. The van der Waals surface area contributed by atoms with Gasteiger partial charge in [-0.05, 0) is 52.1 Å². The molecule has 5 heterocycles. The third kappa shape index (κ3) is 5.59. The fourth-order valence-corrected chi connectivity index (χ4v) is 7.07. The molecule has 1 saturated heterocycles. The quantitative estimate of drug-likeness (QED) is 0.256. The van der Waals surface area contributed by atoms with Crippen molar-refractivity contribution in [3.63, 3.8) is 0 Å². The van der Waals surface area contributed by atoms with Gasteiger partial charge in [0.1, 0.15) is 35.6 Å². The number of aromatic carboxylic acids is 1. The number of hydrogen-bond donors (Lipinski definition) is 1. The van der Waals surface area contributed by atoms with Gasteiger partial charge in [0.15, 0.2) is 0 Å². The number of nitrogens with zero attached hydrogens (tertiary/aromatic N) is 7. The average molecular weight is 644 g/mol. The van der Waals surface area contributed by atoms with Crippen molar-refractivity contribution in [2.24, 2.45) is 0 Å².